The van der Waals surface area contributed by atoms with Crippen LogP contribution in [0.2, 0.25) is 0 Å². The van der Waals surface area contributed by atoms with Gasteiger partial charge >= 0.3 is 0 Å². The number of nitrogens with zero attached hydrogens (tertiary/aromatic N) is 3. The number of piperidine rings is 1. The molecule has 29 heavy (non-hydrogen) atoms. The number of halogens is 1. The minimum Gasteiger partial charge on any atom is -0.483 e. The molecule has 0 radical (unpaired) electrons. The Balaban J connectivity index is 1.87. The Bertz CT molecular complexity index is 859. The third-order valence-electron chi connectivity index (χ3n) is 5.86. The first-order valence-corrected chi connectivity index (χ1v) is 10.7. The Labute approximate surface area is 177 Å². The molecule has 2 heterocycles. The van der Waals surface area contributed by atoms with E-state index in [0.717, 1.165) is 6.67 Å². The van der Waals surface area contributed by atoms with Gasteiger partial charge in [-0.05, 0) is 64.4 Å². The SMILES string of the molecule is COC[C@H](C)n1c(COc2ccccc2F)nn(C[NH+]2[C@H](C)CCC[C@@H]2C)c1=S. The third-order valence-corrected chi connectivity index (χ3v) is 6.26. The molecule has 1 aromatic carbocycles. The number of rotatable bonds is 8. The third kappa shape index (κ3) is 5.05. The zero-order valence-corrected chi connectivity index (χ0v) is 18.5. The standard InChI is InChI=1S/C21H31FN4O2S/c1-15-8-7-9-16(2)24(15)14-25-21(29)26(17(3)12-27-4)20(23-25)13-28-19-11-6-5-10-18(19)22/h5-6,10-11,15-17H,7-9,12-14H2,1-4H3/p+1/t15-,16+,17-/m0/s1. The average Bonchev–Trinajstić information content (AvgIpc) is 3.00. The topological polar surface area (TPSA) is 45.6 Å². The van der Waals surface area contributed by atoms with Crippen LogP contribution in [0.4, 0.5) is 4.39 Å². The van der Waals surface area contributed by atoms with Crippen LogP contribution in [0.15, 0.2) is 24.3 Å². The van der Waals surface area contributed by atoms with E-state index in [2.05, 4.69) is 13.8 Å². The summed E-state index contributed by atoms with van der Waals surface area (Å²) in [7, 11) is 1.67. The second-order valence-electron chi connectivity index (χ2n) is 8.06. The lowest BCUT2D eigenvalue weighted by Gasteiger charge is -2.35. The fraction of sp³-hybridized carbons (Fsp3) is 0.619. The first kappa shape index (κ1) is 21.9. The lowest BCUT2D eigenvalue weighted by atomic mass is 9.98. The van der Waals surface area contributed by atoms with E-state index < -0.39 is 0 Å². The van der Waals surface area contributed by atoms with E-state index in [1.54, 1.807) is 25.3 Å². The molecule has 1 aliphatic rings. The van der Waals surface area contributed by atoms with Gasteiger partial charge in [-0.25, -0.2) is 4.39 Å². The predicted octanol–water partition coefficient (Wildman–Crippen LogP) is 3.14. The van der Waals surface area contributed by atoms with Crippen LogP contribution in [-0.2, 0) is 18.0 Å². The van der Waals surface area contributed by atoms with E-state index in [0.29, 0.717) is 29.3 Å². The fourth-order valence-corrected chi connectivity index (χ4v) is 4.59. The summed E-state index contributed by atoms with van der Waals surface area (Å²) in [6.07, 6.45) is 3.71. The monoisotopic (exact) mass is 423 g/mol. The van der Waals surface area contributed by atoms with Crippen LogP contribution in [0.1, 0.15) is 51.9 Å². The highest BCUT2D eigenvalue weighted by atomic mass is 32.1. The molecule has 4 atom stereocenters. The summed E-state index contributed by atoms with van der Waals surface area (Å²) in [6.45, 7) is 8.00. The molecule has 0 saturated carbocycles. The first-order chi connectivity index (χ1) is 13.9. The number of quaternary nitrogens is 1. The van der Waals surface area contributed by atoms with Crippen LogP contribution >= 0.6 is 12.2 Å². The molecule has 2 aromatic rings. The molecule has 1 aliphatic heterocycles. The van der Waals surface area contributed by atoms with Crippen molar-refractivity contribution in [2.75, 3.05) is 13.7 Å². The maximum absolute atomic E-state index is 14.0. The van der Waals surface area contributed by atoms with Crippen molar-refractivity contribution in [1.82, 2.24) is 14.3 Å². The minimum atomic E-state index is -0.387. The number of benzene rings is 1. The molecular formula is C21H32FN4O2S+. The van der Waals surface area contributed by atoms with E-state index in [-0.39, 0.29) is 24.2 Å². The molecule has 3 rings (SSSR count). The maximum Gasteiger partial charge on any atom is 0.203 e. The summed E-state index contributed by atoms with van der Waals surface area (Å²) in [5.74, 6) is 0.504. The van der Waals surface area contributed by atoms with Gasteiger partial charge in [-0.1, -0.05) is 12.1 Å². The largest absolute Gasteiger partial charge is 0.483 e. The van der Waals surface area contributed by atoms with Gasteiger partial charge in [0, 0.05) is 7.11 Å². The van der Waals surface area contributed by atoms with Crippen molar-refractivity contribution in [3.63, 3.8) is 0 Å². The number of hydrogen-bond donors (Lipinski definition) is 1. The summed E-state index contributed by atoms with van der Waals surface area (Å²) in [5.41, 5.74) is 0. The van der Waals surface area contributed by atoms with E-state index in [9.17, 15) is 4.39 Å². The Hall–Kier alpha value is -1.77. The van der Waals surface area contributed by atoms with Gasteiger partial charge < -0.3 is 14.4 Å². The number of likely N-dealkylation sites (tertiary alicyclic amines) is 1. The molecule has 0 spiro atoms. The lowest BCUT2D eigenvalue weighted by molar-refractivity contribution is -0.973. The zero-order valence-electron chi connectivity index (χ0n) is 17.7. The smallest absolute Gasteiger partial charge is 0.203 e. The van der Waals surface area contributed by atoms with Gasteiger partial charge in [0.05, 0.1) is 24.7 Å². The van der Waals surface area contributed by atoms with Crippen molar-refractivity contribution in [3.8, 4) is 5.75 Å². The molecule has 0 amide bonds. The molecule has 6 nitrogen and oxygen atoms in total. The fourth-order valence-electron chi connectivity index (χ4n) is 4.20. The van der Waals surface area contributed by atoms with Crippen molar-refractivity contribution < 1.29 is 18.8 Å². The Morgan fingerprint density at radius 1 is 1.28 bits per heavy atom. The summed E-state index contributed by atoms with van der Waals surface area (Å²) in [5, 5.41) is 4.77. The minimum absolute atomic E-state index is 0.00618. The van der Waals surface area contributed by atoms with Crippen molar-refractivity contribution in [1.29, 1.82) is 0 Å². The van der Waals surface area contributed by atoms with E-state index in [1.807, 2.05) is 16.2 Å². The number of methoxy groups -OCH3 is 1. The average molecular weight is 424 g/mol. The molecule has 1 unspecified atom stereocenters. The predicted molar refractivity (Wildman–Crippen MR) is 112 cm³/mol. The normalized spacial score (nSPS) is 23.1. The van der Waals surface area contributed by atoms with Crippen LogP contribution in [0.5, 0.6) is 5.75 Å². The summed E-state index contributed by atoms with van der Waals surface area (Å²) in [6, 6.07) is 7.54. The molecule has 8 heteroatoms. The molecule has 160 valence electrons. The van der Waals surface area contributed by atoms with Crippen molar-refractivity contribution in [2.45, 2.75) is 71.4 Å². The highest BCUT2D eigenvalue weighted by molar-refractivity contribution is 7.71. The molecule has 1 saturated heterocycles. The molecule has 1 aromatic heterocycles. The maximum atomic E-state index is 14.0. The Kier molecular flexibility index (Phi) is 7.43. The number of aromatic nitrogens is 3. The number of para-hydroxylation sites is 1. The number of ether oxygens (including phenoxy) is 2. The van der Waals surface area contributed by atoms with Crippen LogP contribution in [0.25, 0.3) is 0 Å². The van der Waals surface area contributed by atoms with Gasteiger partial charge in [0.25, 0.3) is 0 Å². The first-order valence-electron chi connectivity index (χ1n) is 10.3. The zero-order chi connectivity index (χ0) is 21.0. The summed E-state index contributed by atoms with van der Waals surface area (Å²) < 4.78 is 29.5. The quantitative estimate of drug-likeness (QED) is 0.663. The Morgan fingerprint density at radius 3 is 2.62 bits per heavy atom. The molecular weight excluding hydrogens is 391 g/mol. The van der Waals surface area contributed by atoms with Gasteiger partial charge in [0.1, 0.15) is 6.61 Å². The highest BCUT2D eigenvalue weighted by Crippen LogP contribution is 2.19. The van der Waals surface area contributed by atoms with Crippen molar-refractivity contribution in [2.24, 2.45) is 0 Å². The van der Waals surface area contributed by atoms with Crippen LogP contribution in [0.3, 0.4) is 0 Å². The van der Waals surface area contributed by atoms with Crippen LogP contribution < -0.4 is 9.64 Å². The lowest BCUT2D eigenvalue weighted by Crippen LogP contribution is -3.18. The second kappa shape index (κ2) is 9.82. The molecule has 1 fully saturated rings. The highest BCUT2D eigenvalue weighted by Gasteiger charge is 2.30. The van der Waals surface area contributed by atoms with E-state index >= 15 is 0 Å². The van der Waals surface area contributed by atoms with Gasteiger partial charge in [-0.2, -0.15) is 4.68 Å². The van der Waals surface area contributed by atoms with Crippen molar-refractivity contribution >= 4 is 12.2 Å². The second-order valence-corrected chi connectivity index (χ2v) is 8.42. The molecule has 0 aliphatic carbocycles. The Morgan fingerprint density at radius 2 is 1.97 bits per heavy atom. The van der Waals surface area contributed by atoms with Crippen LogP contribution in [-0.4, -0.2) is 40.1 Å². The van der Waals surface area contributed by atoms with E-state index in [4.69, 9.17) is 26.8 Å². The van der Waals surface area contributed by atoms with Gasteiger partial charge in [-0.3, -0.25) is 4.57 Å². The van der Waals surface area contributed by atoms with Crippen LogP contribution in [0, 0.1) is 10.6 Å². The van der Waals surface area contributed by atoms with Crippen molar-refractivity contribution in [3.05, 3.63) is 40.7 Å². The van der Waals surface area contributed by atoms with Gasteiger partial charge in [0.2, 0.25) is 4.77 Å². The number of nitrogens with one attached hydrogen (secondary N) is 1. The molecule has 0 bridgehead atoms. The summed E-state index contributed by atoms with van der Waals surface area (Å²) >= 11 is 5.77. The number of hydrogen-bond acceptors (Lipinski definition) is 4. The van der Waals surface area contributed by atoms with Gasteiger partial charge in [-0.15, -0.1) is 5.10 Å². The molecule has 1 N–H and O–H groups in total. The summed E-state index contributed by atoms with van der Waals surface area (Å²) in [4.78, 5) is 1.50. The van der Waals surface area contributed by atoms with Gasteiger partial charge in [0.15, 0.2) is 24.1 Å². The van der Waals surface area contributed by atoms with E-state index in [1.165, 1.54) is 30.2 Å².